The van der Waals surface area contributed by atoms with Crippen LogP contribution in [0, 0.1) is 24.0 Å². The van der Waals surface area contributed by atoms with Crippen LogP contribution in [0.1, 0.15) is 20.2 Å². The largest absolute Gasteiger partial charge is 0.324 e. The van der Waals surface area contributed by atoms with E-state index in [-0.39, 0.29) is 9.92 Å². The molecule has 4 nitrogen and oxygen atoms in total. The molecule has 1 N–H and O–H groups in total. The Bertz CT molecular complexity index is 541. The molecule has 18 heavy (non-hydrogen) atoms. The molecule has 0 radical (unpaired) electrons. The van der Waals surface area contributed by atoms with Gasteiger partial charge in [0, 0.05) is 33.8 Å². The Morgan fingerprint density at radius 2 is 1.94 bits per heavy atom. The number of nitrogens with zero attached hydrogens (tertiary/aromatic N) is 1. The summed E-state index contributed by atoms with van der Waals surface area (Å²) in [7, 11) is 0. The van der Waals surface area contributed by atoms with Gasteiger partial charge in [0.2, 0.25) is 0 Å². The van der Waals surface area contributed by atoms with Gasteiger partial charge in [-0.25, -0.2) is 0 Å². The maximum atomic E-state index is 10.5. The van der Waals surface area contributed by atoms with E-state index in [9.17, 15) is 10.1 Å². The molecule has 0 bridgehead atoms. The molecule has 2 aromatic heterocycles. The van der Waals surface area contributed by atoms with Crippen molar-refractivity contribution in [3.8, 4) is 0 Å². The van der Waals surface area contributed by atoms with E-state index in [1.54, 1.807) is 23.5 Å². The first-order valence-electron chi connectivity index (χ1n) is 5.56. The molecular formula is C12H14N2O2S2. The molecule has 2 aromatic rings. The molecule has 96 valence electrons. The standard InChI is InChI=1S/C12H14N2O2S2/c1-8-5-11(17-9(8)2)7-13-6-10-3-4-12(18-10)14(15)16/h3-5,13H,6-7H2,1-2H3. The number of hydrogen-bond acceptors (Lipinski definition) is 5. The maximum Gasteiger partial charge on any atom is 0.324 e. The third-order valence-corrected chi connectivity index (χ3v) is 4.83. The van der Waals surface area contributed by atoms with E-state index in [0.717, 1.165) is 11.4 Å². The Morgan fingerprint density at radius 1 is 1.22 bits per heavy atom. The topological polar surface area (TPSA) is 55.2 Å². The molecule has 2 heterocycles. The third-order valence-electron chi connectivity index (χ3n) is 2.64. The molecule has 0 aromatic carbocycles. The maximum absolute atomic E-state index is 10.5. The van der Waals surface area contributed by atoms with Crippen LogP contribution in [-0.2, 0) is 13.1 Å². The Hall–Kier alpha value is -1.24. The average molecular weight is 282 g/mol. The summed E-state index contributed by atoms with van der Waals surface area (Å²) < 4.78 is 0. The normalized spacial score (nSPS) is 10.8. The lowest BCUT2D eigenvalue weighted by atomic mass is 10.3. The number of nitrogens with one attached hydrogen (secondary N) is 1. The Kier molecular flexibility index (Phi) is 4.11. The summed E-state index contributed by atoms with van der Waals surface area (Å²) in [6.45, 7) is 5.71. The fourth-order valence-electron chi connectivity index (χ4n) is 1.61. The van der Waals surface area contributed by atoms with E-state index in [0.29, 0.717) is 6.54 Å². The highest BCUT2D eigenvalue weighted by atomic mass is 32.1. The Labute approximate surface area is 113 Å². The van der Waals surface area contributed by atoms with Crippen LogP contribution in [0.25, 0.3) is 0 Å². The fraction of sp³-hybridized carbons (Fsp3) is 0.333. The second kappa shape index (κ2) is 5.60. The van der Waals surface area contributed by atoms with Gasteiger partial charge >= 0.3 is 5.00 Å². The third kappa shape index (κ3) is 3.16. The van der Waals surface area contributed by atoms with Crippen molar-refractivity contribution < 1.29 is 4.92 Å². The van der Waals surface area contributed by atoms with Crippen molar-refractivity contribution in [2.45, 2.75) is 26.9 Å². The molecule has 0 fully saturated rings. The van der Waals surface area contributed by atoms with Gasteiger partial charge in [-0.05, 0) is 31.5 Å². The van der Waals surface area contributed by atoms with Gasteiger partial charge in [0.05, 0.1) is 4.92 Å². The van der Waals surface area contributed by atoms with Crippen LogP contribution in [0.3, 0.4) is 0 Å². The van der Waals surface area contributed by atoms with Gasteiger partial charge in [-0.1, -0.05) is 11.3 Å². The van der Waals surface area contributed by atoms with E-state index in [4.69, 9.17) is 0 Å². The first-order valence-corrected chi connectivity index (χ1v) is 7.19. The van der Waals surface area contributed by atoms with Crippen molar-refractivity contribution in [3.05, 3.63) is 48.5 Å². The zero-order chi connectivity index (χ0) is 13.1. The van der Waals surface area contributed by atoms with E-state index in [1.165, 1.54) is 26.7 Å². The van der Waals surface area contributed by atoms with Crippen molar-refractivity contribution in [1.82, 2.24) is 5.32 Å². The molecule has 0 aliphatic carbocycles. The van der Waals surface area contributed by atoms with Crippen LogP contribution < -0.4 is 5.32 Å². The second-order valence-corrected chi connectivity index (χ2v) is 6.54. The van der Waals surface area contributed by atoms with Gasteiger partial charge in [-0.15, -0.1) is 11.3 Å². The van der Waals surface area contributed by atoms with Crippen LogP contribution in [-0.4, -0.2) is 4.92 Å². The van der Waals surface area contributed by atoms with Crippen LogP contribution >= 0.6 is 22.7 Å². The highest BCUT2D eigenvalue weighted by Gasteiger charge is 2.09. The number of thiophene rings is 2. The fourth-order valence-corrected chi connectivity index (χ4v) is 3.42. The molecule has 0 saturated heterocycles. The van der Waals surface area contributed by atoms with Gasteiger partial charge in [0.1, 0.15) is 0 Å². The van der Waals surface area contributed by atoms with Gasteiger partial charge in [-0.2, -0.15) is 0 Å². The summed E-state index contributed by atoms with van der Waals surface area (Å²) in [6.07, 6.45) is 0. The van der Waals surface area contributed by atoms with Crippen LogP contribution in [0.4, 0.5) is 5.00 Å². The van der Waals surface area contributed by atoms with Crippen molar-refractivity contribution in [3.63, 3.8) is 0 Å². The predicted molar refractivity (Wildman–Crippen MR) is 75.3 cm³/mol. The minimum Gasteiger partial charge on any atom is -0.307 e. The van der Waals surface area contributed by atoms with Crippen molar-refractivity contribution >= 4 is 27.7 Å². The molecule has 0 aliphatic rings. The number of aryl methyl sites for hydroxylation is 2. The first kappa shape index (κ1) is 13.2. The van der Waals surface area contributed by atoms with Gasteiger partial charge in [-0.3, -0.25) is 10.1 Å². The zero-order valence-electron chi connectivity index (χ0n) is 10.2. The molecule has 0 spiro atoms. The number of nitro groups is 1. The molecule has 0 aliphatic heterocycles. The quantitative estimate of drug-likeness (QED) is 0.673. The summed E-state index contributed by atoms with van der Waals surface area (Å²) in [6, 6.07) is 5.55. The summed E-state index contributed by atoms with van der Waals surface area (Å²) in [4.78, 5) is 13.8. The lowest BCUT2D eigenvalue weighted by Gasteiger charge is -1.99. The zero-order valence-corrected chi connectivity index (χ0v) is 11.9. The van der Waals surface area contributed by atoms with Gasteiger partial charge < -0.3 is 5.32 Å². The van der Waals surface area contributed by atoms with E-state index in [1.807, 2.05) is 0 Å². The van der Waals surface area contributed by atoms with Gasteiger partial charge in [0.15, 0.2) is 0 Å². The molecule has 6 heteroatoms. The lowest BCUT2D eigenvalue weighted by molar-refractivity contribution is -0.380. The minimum absolute atomic E-state index is 0.203. The predicted octanol–water partition coefficient (Wildman–Crippen LogP) is 3.62. The van der Waals surface area contributed by atoms with Crippen molar-refractivity contribution in [2.75, 3.05) is 0 Å². The highest BCUT2D eigenvalue weighted by molar-refractivity contribution is 7.15. The van der Waals surface area contributed by atoms with E-state index < -0.39 is 0 Å². The summed E-state index contributed by atoms with van der Waals surface area (Å²) in [5, 5.41) is 14.1. The van der Waals surface area contributed by atoms with Crippen LogP contribution in [0.5, 0.6) is 0 Å². The molecule has 0 saturated carbocycles. The number of rotatable bonds is 5. The Balaban J connectivity index is 1.86. The first-order chi connectivity index (χ1) is 8.56. The molecule has 0 atom stereocenters. The van der Waals surface area contributed by atoms with Crippen LogP contribution in [0.15, 0.2) is 18.2 Å². The van der Waals surface area contributed by atoms with Crippen LogP contribution in [0.2, 0.25) is 0 Å². The van der Waals surface area contributed by atoms with Gasteiger partial charge in [0.25, 0.3) is 0 Å². The summed E-state index contributed by atoms with van der Waals surface area (Å²) in [5.74, 6) is 0. The summed E-state index contributed by atoms with van der Waals surface area (Å²) in [5.41, 5.74) is 1.32. The summed E-state index contributed by atoms with van der Waals surface area (Å²) >= 11 is 3.02. The smallest absolute Gasteiger partial charge is 0.307 e. The van der Waals surface area contributed by atoms with E-state index >= 15 is 0 Å². The highest BCUT2D eigenvalue weighted by Crippen LogP contribution is 2.24. The average Bonchev–Trinajstić information content (AvgIpc) is 2.88. The number of hydrogen-bond donors (Lipinski definition) is 1. The SMILES string of the molecule is Cc1cc(CNCc2ccc([N+](=O)[O-])s2)sc1C. The molecule has 0 unspecified atom stereocenters. The molecule has 2 rings (SSSR count). The lowest BCUT2D eigenvalue weighted by Crippen LogP contribution is -2.10. The molecular weight excluding hydrogens is 268 g/mol. The van der Waals surface area contributed by atoms with E-state index in [2.05, 4.69) is 25.2 Å². The minimum atomic E-state index is -0.347. The Morgan fingerprint density at radius 3 is 2.50 bits per heavy atom. The van der Waals surface area contributed by atoms with Crippen molar-refractivity contribution in [1.29, 1.82) is 0 Å². The molecule has 0 amide bonds. The second-order valence-electron chi connectivity index (χ2n) is 4.05. The van der Waals surface area contributed by atoms with Crippen molar-refractivity contribution in [2.24, 2.45) is 0 Å². The monoisotopic (exact) mass is 282 g/mol.